The third kappa shape index (κ3) is 2.81. The van der Waals surface area contributed by atoms with Gasteiger partial charge in [-0.05, 0) is 25.1 Å². The molecule has 1 aliphatic rings. The fraction of sp³-hybridized carbons (Fsp3) is 0.0556. The monoisotopic (exact) mass is 340 g/mol. The summed E-state index contributed by atoms with van der Waals surface area (Å²) in [6.07, 6.45) is 0. The average Bonchev–Trinajstić information content (AvgIpc) is 2.84. The summed E-state index contributed by atoms with van der Waals surface area (Å²) in [7, 11) is 0. The van der Waals surface area contributed by atoms with Crippen LogP contribution in [0.25, 0.3) is 5.76 Å². The summed E-state index contributed by atoms with van der Waals surface area (Å²) < 4.78 is 0. The zero-order valence-corrected chi connectivity index (χ0v) is 13.5. The van der Waals surface area contributed by atoms with Gasteiger partial charge in [0.05, 0.1) is 11.3 Å². The zero-order chi connectivity index (χ0) is 17.3. The molecule has 120 valence electrons. The van der Waals surface area contributed by atoms with Gasteiger partial charge in [0.25, 0.3) is 5.91 Å². The van der Waals surface area contributed by atoms with E-state index in [1.807, 2.05) is 0 Å². The fourth-order valence-corrected chi connectivity index (χ4v) is 2.68. The molecular weight excluding hydrogens is 328 g/mol. The van der Waals surface area contributed by atoms with Crippen LogP contribution in [-0.2, 0) is 0 Å². The molecule has 0 spiro atoms. The second-order valence-corrected chi connectivity index (χ2v) is 5.68. The number of amides is 1. The highest BCUT2D eigenvalue weighted by Gasteiger charge is 2.31. The van der Waals surface area contributed by atoms with Gasteiger partial charge >= 0.3 is 0 Å². The summed E-state index contributed by atoms with van der Waals surface area (Å²) in [4.78, 5) is 24.4. The minimum Gasteiger partial charge on any atom is -0.506 e. The molecule has 0 bridgehead atoms. The Bertz CT molecular complexity index is 916. The molecule has 24 heavy (non-hydrogen) atoms. The Balaban J connectivity index is 1.84. The molecule has 1 amide bonds. The zero-order valence-electron chi connectivity index (χ0n) is 12.7. The summed E-state index contributed by atoms with van der Waals surface area (Å²) in [5, 5.41) is 14.6. The number of benzene rings is 2. The second kappa shape index (κ2) is 6.29. The van der Waals surface area contributed by atoms with Gasteiger partial charge in [-0.1, -0.05) is 41.9 Å². The van der Waals surface area contributed by atoms with Gasteiger partial charge in [0.1, 0.15) is 5.76 Å². The molecule has 5 nitrogen and oxygen atoms in total. The SMILES string of the molecule is C/C(=N\NC(=O)c1cccc(Cl)c1)C1=C(O)c2ccccc2C1=O. The van der Waals surface area contributed by atoms with Crippen LogP contribution in [0.15, 0.2) is 59.2 Å². The van der Waals surface area contributed by atoms with Crippen molar-refractivity contribution in [2.75, 3.05) is 0 Å². The predicted molar refractivity (Wildman–Crippen MR) is 92.3 cm³/mol. The molecular formula is C18H13ClN2O3. The van der Waals surface area contributed by atoms with E-state index < -0.39 is 5.91 Å². The standard InChI is InChI=1S/C18H13ClN2O3/c1-10(20-21-18(24)11-5-4-6-12(19)9-11)15-16(22)13-7-2-3-8-14(13)17(15)23/h2-9,22H,1H3,(H,21,24)/b20-10+. The lowest BCUT2D eigenvalue weighted by Crippen LogP contribution is -2.20. The molecule has 1 aliphatic carbocycles. The number of ketones is 1. The topological polar surface area (TPSA) is 78.8 Å². The molecule has 0 saturated heterocycles. The van der Waals surface area contributed by atoms with Crippen molar-refractivity contribution in [3.8, 4) is 0 Å². The Morgan fingerprint density at radius 1 is 1.12 bits per heavy atom. The van der Waals surface area contributed by atoms with Crippen LogP contribution in [0.1, 0.15) is 33.2 Å². The number of allylic oxidation sites excluding steroid dienone is 1. The lowest BCUT2D eigenvalue weighted by atomic mass is 10.1. The van der Waals surface area contributed by atoms with Crippen molar-refractivity contribution >= 4 is 34.8 Å². The van der Waals surface area contributed by atoms with E-state index >= 15 is 0 Å². The molecule has 0 unspecified atom stereocenters. The van der Waals surface area contributed by atoms with Gasteiger partial charge in [0.2, 0.25) is 0 Å². The molecule has 2 aromatic rings. The largest absolute Gasteiger partial charge is 0.506 e. The lowest BCUT2D eigenvalue weighted by molar-refractivity contribution is 0.0953. The number of hydrazone groups is 1. The number of aliphatic hydroxyl groups excluding tert-OH is 1. The molecule has 0 aromatic heterocycles. The molecule has 6 heteroatoms. The van der Waals surface area contributed by atoms with E-state index in [2.05, 4.69) is 10.5 Å². The molecule has 0 fully saturated rings. The molecule has 0 atom stereocenters. The smallest absolute Gasteiger partial charge is 0.271 e. The summed E-state index contributed by atoms with van der Waals surface area (Å²) in [5.41, 5.74) is 3.90. The van der Waals surface area contributed by atoms with Crippen LogP contribution in [0, 0.1) is 0 Å². The molecule has 0 aliphatic heterocycles. The van der Waals surface area contributed by atoms with Gasteiger partial charge in [-0.25, -0.2) is 5.43 Å². The Labute approximate surface area is 143 Å². The Kier molecular flexibility index (Phi) is 4.18. The number of nitrogens with one attached hydrogen (secondary N) is 1. The van der Waals surface area contributed by atoms with Gasteiger partial charge < -0.3 is 5.11 Å². The van der Waals surface area contributed by atoms with E-state index in [-0.39, 0.29) is 22.8 Å². The fourth-order valence-electron chi connectivity index (χ4n) is 2.48. The first-order valence-corrected chi connectivity index (χ1v) is 7.54. The van der Waals surface area contributed by atoms with E-state index in [1.54, 1.807) is 49.4 Å². The summed E-state index contributed by atoms with van der Waals surface area (Å²) in [6, 6.07) is 13.2. The third-order valence-electron chi connectivity index (χ3n) is 3.66. The predicted octanol–water partition coefficient (Wildman–Crippen LogP) is 3.61. The number of nitrogens with zero attached hydrogens (tertiary/aromatic N) is 1. The van der Waals surface area contributed by atoms with Crippen molar-refractivity contribution in [1.29, 1.82) is 0 Å². The Hall–Kier alpha value is -2.92. The van der Waals surface area contributed by atoms with Crippen LogP contribution in [0.4, 0.5) is 0 Å². The number of fused-ring (bicyclic) bond motifs is 1. The molecule has 3 rings (SSSR count). The highest BCUT2D eigenvalue weighted by Crippen LogP contribution is 2.31. The Morgan fingerprint density at radius 2 is 1.83 bits per heavy atom. The normalized spacial score (nSPS) is 13.9. The van der Waals surface area contributed by atoms with Crippen molar-refractivity contribution < 1.29 is 14.7 Å². The van der Waals surface area contributed by atoms with E-state index in [4.69, 9.17) is 11.6 Å². The van der Waals surface area contributed by atoms with Crippen LogP contribution >= 0.6 is 11.6 Å². The van der Waals surface area contributed by atoms with Gasteiger partial charge in [-0.2, -0.15) is 5.10 Å². The number of halogens is 1. The first-order chi connectivity index (χ1) is 11.5. The number of Topliss-reactive ketones (excluding diaryl/α,β-unsaturated/α-hetero) is 1. The lowest BCUT2D eigenvalue weighted by Gasteiger charge is -2.04. The van der Waals surface area contributed by atoms with Crippen LogP contribution in [-0.4, -0.2) is 22.5 Å². The highest BCUT2D eigenvalue weighted by molar-refractivity contribution is 6.35. The number of hydrogen-bond acceptors (Lipinski definition) is 4. The number of rotatable bonds is 3. The van der Waals surface area contributed by atoms with Crippen LogP contribution in [0.3, 0.4) is 0 Å². The third-order valence-corrected chi connectivity index (χ3v) is 3.90. The van der Waals surface area contributed by atoms with Gasteiger partial charge in [0, 0.05) is 21.7 Å². The first-order valence-electron chi connectivity index (χ1n) is 7.17. The average molecular weight is 341 g/mol. The van der Waals surface area contributed by atoms with Crippen LogP contribution in [0.5, 0.6) is 0 Å². The summed E-state index contributed by atoms with van der Waals surface area (Å²) in [5.74, 6) is -0.907. The maximum atomic E-state index is 12.4. The molecule has 2 N–H and O–H groups in total. The van der Waals surface area contributed by atoms with Crippen molar-refractivity contribution in [1.82, 2.24) is 5.43 Å². The Morgan fingerprint density at radius 3 is 2.50 bits per heavy atom. The molecule has 0 heterocycles. The van der Waals surface area contributed by atoms with Crippen LogP contribution in [0.2, 0.25) is 5.02 Å². The van der Waals surface area contributed by atoms with E-state index in [0.29, 0.717) is 21.7 Å². The highest BCUT2D eigenvalue weighted by atomic mass is 35.5. The molecule has 0 saturated carbocycles. The quantitative estimate of drug-likeness (QED) is 0.661. The second-order valence-electron chi connectivity index (χ2n) is 5.25. The molecule has 2 aromatic carbocycles. The van der Waals surface area contributed by atoms with E-state index in [0.717, 1.165) is 0 Å². The van der Waals surface area contributed by atoms with E-state index in [1.165, 1.54) is 6.07 Å². The number of hydrogen-bond donors (Lipinski definition) is 2. The van der Waals surface area contributed by atoms with Crippen molar-refractivity contribution in [2.45, 2.75) is 6.92 Å². The molecule has 0 radical (unpaired) electrons. The minimum absolute atomic E-state index is 0.0857. The van der Waals surface area contributed by atoms with Crippen molar-refractivity contribution in [3.63, 3.8) is 0 Å². The van der Waals surface area contributed by atoms with Gasteiger partial charge in [-0.15, -0.1) is 0 Å². The summed E-state index contributed by atoms with van der Waals surface area (Å²) in [6.45, 7) is 1.55. The number of aliphatic hydroxyl groups is 1. The first kappa shape index (κ1) is 16.0. The maximum absolute atomic E-state index is 12.4. The van der Waals surface area contributed by atoms with Gasteiger partial charge in [-0.3, -0.25) is 9.59 Å². The van der Waals surface area contributed by atoms with Crippen molar-refractivity contribution in [2.24, 2.45) is 5.10 Å². The van der Waals surface area contributed by atoms with Gasteiger partial charge in [0.15, 0.2) is 5.78 Å². The number of carbonyl (C=O) groups excluding carboxylic acids is 2. The minimum atomic E-state index is -0.458. The van der Waals surface area contributed by atoms with Crippen LogP contribution < -0.4 is 5.43 Å². The van der Waals surface area contributed by atoms with Crippen molar-refractivity contribution in [3.05, 3.63) is 75.8 Å². The van der Waals surface area contributed by atoms with E-state index in [9.17, 15) is 14.7 Å². The summed E-state index contributed by atoms with van der Waals surface area (Å²) >= 11 is 5.84. The maximum Gasteiger partial charge on any atom is 0.271 e. The number of carbonyl (C=O) groups is 2.